The maximum Gasteiger partial charge on any atom is 0.122 e. The molecular formula is C22H28BrNO3. The molecule has 1 heterocycles. The van der Waals surface area contributed by atoms with E-state index in [0.717, 1.165) is 34.4 Å². The molecule has 1 aliphatic rings. The number of benzene rings is 2. The number of morpholine rings is 1. The predicted octanol–water partition coefficient (Wildman–Crippen LogP) is 4.19. The van der Waals surface area contributed by atoms with E-state index in [1.54, 1.807) is 0 Å². The average Bonchev–Trinajstić information content (AvgIpc) is 2.63. The first kappa shape index (κ1) is 20.3. The Kier molecular flexibility index (Phi) is 6.93. The van der Waals surface area contributed by atoms with Gasteiger partial charge in [-0.3, -0.25) is 4.90 Å². The monoisotopic (exact) mass is 433 g/mol. The Labute approximate surface area is 170 Å². The average molecular weight is 434 g/mol. The van der Waals surface area contributed by atoms with E-state index in [0.29, 0.717) is 19.8 Å². The van der Waals surface area contributed by atoms with Gasteiger partial charge in [0.25, 0.3) is 0 Å². The lowest BCUT2D eigenvalue weighted by Crippen LogP contribution is -2.43. The Hall–Kier alpha value is -1.40. The quantitative estimate of drug-likeness (QED) is 0.741. The molecule has 0 amide bonds. The third kappa shape index (κ3) is 5.55. The smallest absolute Gasteiger partial charge is 0.122 e. The van der Waals surface area contributed by atoms with Crippen molar-refractivity contribution in [1.29, 1.82) is 0 Å². The minimum Gasteiger partial charge on any atom is -0.491 e. The molecule has 3 rings (SSSR count). The van der Waals surface area contributed by atoms with Crippen molar-refractivity contribution in [3.05, 3.63) is 63.1 Å². The second-order valence-corrected chi connectivity index (χ2v) is 8.26. The minimum atomic E-state index is -0.536. The van der Waals surface area contributed by atoms with Gasteiger partial charge in [0.15, 0.2) is 0 Å². The number of β-amino-alcohol motifs (C(OH)–C–C–N with tert-alkyl or cyclic N) is 1. The topological polar surface area (TPSA) is 41.9 Å². The van der Waals surface area contributed by atoms with E-state index in [1.165, 1.54) is 11.1 Å². The van der Waals surface area contributed by atoms with Crippen molar-refractivity contribution < 1.29 is 14.6 Å². The summed E-state index contributed by atoms with van der Waals surface area (Å²) in [5.41, 5.74) is 4.68. The molecule has 2 atom stereocenters. The van der Waals surface area contributed by atoms with Gasteiger partial charge >= 0.3 is 0 Å². The maximum absolute atomic E-state index is 10.5. The molecule has 1 aliphatic heterocycles. The number of aryl methyl sites for hydroxylation is 2. The largest absolute Gasteiger partial charge is 0.491 e. The first-order valence-electron chi connectivity index (χ1n) is 9.40. The van der Waals surface area contributed by atoms with Crippen LogP contribution in [0.15, 0.2) is 40.9 Å². The number of rotatable bonds is 6. The van der Waals surface area contributed by atoms with E-state index < -0.39 is 6.10 Å². The van der Waals surface area contributed by atoms with Crippen molar-refractivity contribution in [2.75, 3.05) is 32.8 Å². The van der Waals surface area contributed by atoms with Crippen molar-refractivity contribution >= 4 is 15.9 Å². The van der Waals surface area contributed by atoms with Crippen molar-refractivity contribution in [2.45, 2.75) is 33.0 Å². The SMILES string of the molecule is Cc1cc(C)c(C)c(OCC(O)CN2CCOC(c3cccc(Br)c3)C2)c1. The van der Waals surface area contributed by atoms with Crippen LogP contribution in [0.4, 0.5) is 0 Å². The molecule has 5 heteroatoms. The number of aliphatic hydroxyl groups excluding tert-OH is 1. The van der Waals surface area contributed by atoms with Crippen LogP contribution >= 0.6 is 15.9 Å². The highest BCUT2D eigenvalue weighted by Gasteiger charge is 2.24. The lowest BCUT2D eigenvalue weighted by atomic mass is 10.1. The molecule has 27 heavy (non-hydrogen) atoms. The highest BCUT2D eigenvalue weighted by atomic mass is 79.9. The number of nitrogens with zero attached hydrogens (tertiary/aromatic N) is 1. The molecule has 2 aromatic carbocycles. The number of hydrogen-bond donors (Lipinski definition) is 1. The lowest BCUT2D eigenvalue weighted by molar-refractivity contribution is -0.0459. The van der Waals surface area contributed by atoms with Crippen LogP contribution in [0.1, 0.15) is 28.4 Å². The van der Waals surface area contributed by atoms with Crippen molar-refractivity contribution in [3.8, 4) is 5.75 Å². The molecule has 0 aromatic heterocycles. The minimum absolute atomic E-state index is 0.0334. The molecule has 0 bridgehead atoms. The third-order valence-corrected chi connectivity index (χ3v) is 5.53. The highest BCUT2D eigenvalue weighted by Crippen LogP contribution is 2.26. The van der Waals surface area contributed by atoms with Gasteiger partial charge in [-0.2, -0.15) is 0 Å². The summed E-state index contributed by atoms with van der Waals surface area (Å²) in [4.78, 5) is 2.25. The van der Waals surface area contributed by atoms with Gasteiger partial charge in [0, 0.05) is 24.1 Å². The number of halogens is 1. The van der Waals surface area contributed by atoms with E-state index in [1.807, 2.05) is 18.2 Å². The van der Waals surface area contributed by atoms with Crippen molar-refractivity contribution in [2.24, 2.45) is 0 Å². The fourth-order valence-electron chi connectivity index (χ4n) is 3.46. The summed E-state index contributed by atoms with van der Waals surface area (Å²) in [7, 11) is 0. The Bertz CT molecular complexity index is 780. The number of aliphatic hydroxyl groups is 1. The van der Waals surface area contributed by atoms with E-state index in [4.69, 9.17) is 9.47 Å². The van der Waals surface area contributed by atoms with E-state index in [2.05, 4.69) is 59.8 Å². The van der Waals surface area contributed by atoms with Gasteiger partial charge in [0.1, 0.15) is 18.5 Å². The molecule has 146 valence electrons. The van der Waals surface area contributed by atoms with E-state index in [9.17, 15) is 5.11 Å². The zero-order valence-electron chi connectivity index (χ0n) is 16.2. The van der Waals surface area contributed by atoms with Crippen LogP contribution < -0.4 is 4.74 Å². The molecule has 0 radical (unpaired) electrons. The lowest BCUT2D eigenvalue weighted by Gasteiger charge is -2.34. The van der Waals surface area contributed by atoms with Crippen LogP contribution in [0.25, 0.3) is 0 Å². The van der Waals surface area contributed by atoms with Crippen LogP contribution in [-0.4, -0.2) is 49.0 Å². The van der Waals surface area contributed by atoms with Crippen LogP contribution in [0.5, 0.6) is 5.75 Å². The molecular weight excluding hydrogens is 406 g/mol. The normalized spacial score (nSPS) is 19.1. The summed E-state index contributed by atoms with van der Waals surface area (Å²) in [6.07, 6.45) is -0.502. The predicted molar refractivity (Wildman–Crippen MR) is 111 cm³/mol. The van der Waals surface area contributed by atoms with E-state index >= 15 is 0 Å². The van der Waals surface area contributed by atoms with Gasteiger partial charge in [0.2, 0.25) is 0 Å². The first-order chi connectivity index (χ1) is 12.9. The molecule has 4 nitrogen and oxygen atoms in total. The van der Waals surface area contributed by atoms with Crippen molar-refractivity contribution in [1.82, 2.24) is 4.90 Å². The Balaban J connectivity index is 1.54. The zero-order chi connectivity index (χ0) is 19.4. The number of hydrogen-bond acceptors (Lipinski definition) is 4. The van der Waals surface area contributed by atoms with Gasteiger partial charge in [-0.05, 0) is 61.2 Å². The van der Waals surface area contributed by atoms with Crippen LogP contribution in [0.2, 0.25) is 0 Å². The molecule has 1 N–H and O–H groups in total. The third-order valence-electron chi connectivity index (χ3n) is 5.04. The fraction of sp³-hybridized carbons (Fsp3) is 0.455. The molecule has 0 aliphatic carbocycles. The van der Waals surface area contributed by atoms with Gasteiger partial charge < -0.3 is 14.6 Å². The highest BCUT2D eigenvalue weighted by molar-refractivity contribution is 9.10. The van der Waals surface area contributed by atoms with Gasteiger partial charge in [-0.1, -0.05) is 34.1 Å². The molecule has 0 saturated carbocycles. The molecule has 2 unspecified atom stereocenters. The Morgan fingerprint density at radius 3 is 2.85 bits per heavy atom. The van der Waals surface area contributed by atoms with Crippen LogP contribution in [0, 0.1) is 20.8 Å². The molecule has 1 fully saturated rings. The summed E-state index contributed by atoms with van der Waals surface area (Å²) < 4.78 is 12.9. The van der Waals surface area contributed by atoms with Crippen LogP contribution in [-0.2, 0) is 4.74 Å². The standard InChI is InChI=1S/C22H28BrNO3/c1-15-9-16(2)17(3)21(10-15)27-14-20(25)12-24-7-8-26-22(13-24)18-5-4-6-19(23)11-18/h4-6,9-11,20,22,25H,7-8,12-14H2,1-3H3. The second kappa shape index (κ2) is 9.20. The van der Waals surface area contributed by atoms with E-state index in [-0.39, 0.29) is 6.10 Å². The molecule has 1 saturated heterocycles. The van der Waals surface area contributed by atoms with Gasteiger partial charge in [0.05, 0.1) is 12.7 Å². The van der Waals surface area contributed by atoms with Crippen LogP contribution in [0.3, 0.4) is 0 Å². The van der Waals surface area contributed by atoms with Gasteiger partial charge in [-0.15, -0.1) is 0 Å². The zero-order valence-corrected chi connectivity index (χ0v) is 17.8. The molecule has 0 spiro atoms. The summed E-state index contributed by atoms with van der Waals surface area (Å²) in [6, 6.07) is 12.4. The Morgan fingerprint density at radius 2 is 2.07 bits per heavy atom. The summed E-state index contributed by atoms with van der Waals surface area (Å²) >= 11 is 3.52. The second-order valence-electron chi connectivity index (χ2n) is 7.34. The number of ether oxygens (including phenoxy) is 2. The van der Waals surface area contributed by atoms with Gasteiger partial charge in [-0.25, -0.2) is 0 Å². The Morgan fingerprint density at radius 1 is 1.26 bits per heavy atom. The summed E-state index contributed by atoms with van der Waals surface area (Å²) in [5.74, 6) is 0.862. The van der Waals surface area contributed by atoms with Crippen molar-refractivity contribution in [3.63, 3.8) is 0 Å². The maximum atomic E-state index is 10.5. The summed E-state index contributed by atoms with van der Waals surface area (Å²) in [6.45, 7) is 9.34. The summed E-state index contributed by atoms with van der Waals surface area (Å²) in [5, 5.41) is 10.5. The molecule has 2 aromatic rings. The fourth-order valence-corrected chi connectivity index (χ4v) is 3.88. The first-order valence-corrected chi connectivity index (χ1v) is 10.2.